The van der Waals surface area contributed by atoms with Crippen LogP contribution < -0.4 is 0 Å². The Hall–Kier alpha value is -0.760. The van der Waals surface area contributed by atoms with E-state index < -0.39 is 40.5 Å². The molecule has 0 fully saturated rings. The topological polar surface area (TPSA) is 33.1 Å². The zero-order valence-electron chi connectivity index (χ0n) is 7.52. The molecule has 0 aliphatic rings. The third-order valence-corrected chi connectivity index (χ3v) is 2.64. The largest absolute Gasteiger partial charge is 0.419 e. The maximum Gasteiger partial charge on any atom is 0.419 e. The molecule has 0 saturated heterocycles. The van der Waals surface area contributed by atoms with Crippen LogP contribution in [0.4, 0.5) is 22.0 Å². The Labute approximate surface area is 95.2 Å². The molecule has 0 spiro atoms. The van der Waals surface area contributed by atoms with E-state index in [4.69, 9.17) is 5.11 Å². The summed E-state index contributed by atoms with van der Waals surface area (Å²) in [4.78, 5) is 3.17. The summed E-state index contributed by atoms with van der Waals surface area (Å²) in [6, 6.07) is 0. The van der Waals surface area contributed by atoms with Crippen molar-refractivity contribution in [3.05, 3.63) is 27.5 Å². The molecule has 0 amide bonds. The van der Waals surface area contributed by atoms with Gasteiger partial charge >= 0.3 is 6.18 Å². The van der Waals surface area contributed by atoms with Gasteiger partial charge in [0.25, 0.3) is 6.43 Å². The number of aromatic nitrogens is 1. The molecule has 0 aliphatic heterocycles. The summed E-state index contributed by atoms with van der Waals surface area (Å²) in [5, 5.41) is 8.66. The van der Waals surface area contributed by atoms with E-state index in [1.807, 2.05) is 0 Å². The van der Waals surface area contributed by atoms with Gasteiger partial charge in [-0.3, -0.25) is 4.98 Å². The van der Waals surface area contributed by atoms with Gasteiger partial charge in [0.2, 0.25) is 0 Å². The predicted octanol–water partition coefficient (Wildman–Crippen LogP) is 3.29. The van der Waals surface area contributed by atoms with Crippen LogP contribution in [0.1, 0.15) is 23.2 Å². The van der Waals surface area contributed by atoms with Crippen LogP contribution in [-0.2, 0) is 12.8 Å². The van der Waals surface area contributed by atoms with Crippen LogP contribution in [0, 0.1) is 0 Å². The third kappa shape index (κ3) is 2.49. The van der Waals surface area contributed by atoms with Gasteiger partial charge in [-0.25, -0.2) is 8.78 Å². The monoisotopic (exact) mass is 305 g/mol. The fourth-order valence-corrected chi connectivity index (χ4v) is 1.83. The standard InChI is InChI=1S/C8H5BrF5NO/c9-6-3(7(10)11)1-15-4(2-16)5(6)8(12,13)14/h1,7,16H,2H2. The number of nitrogens with zero attached hydrogens (tertiary/aromatic N) is 1. The molecule has 0 bridgehead atoms. The van der Waals surface area contributed by atoms with Crippen LogP contribution in [-0.4, -0.2) is 10.1 Å². The molecule has 2 nitrogen and oxygen atoms in total. The van der Waals surface area contributed by atoms with E-state index in [2.05, 4.69) is 20.9 Å². The summed E-state index contributed by atoms with van der Waals surface area (Å²) in [6.45, 7) is -0.975. The molecule has 8 heteroatoms. The summed E-state index contributed by atoms with van der Waals surface area (Å²) >= 11 is 2.46. The number of hydrogen-bond acceptors (Lipinski definition) is 2. The van der Waals surface area contributed by atoms with Crippen molar-refractivity contribution < 1.29 is 27.1 Å². The predicted molar refractivity (Wildman–Crippen MR) is 47.8 cm³/mol. The van der Waals surface area contributed by atoms with Gasteiger partial charge in [-0.2, -0.15) is 13.2 Å². The molecule has 0 aliphatic carbocycles. The first-order valence-corrected chi connectivity index (χ1v) is 4.71. The van der Waals surface area contributed by atoms with Crippen molar-refractivity contribution in [3.8, 4) is 0 Å². The van der Waals surface area contributed by atoms with Crippen LogP contribution in [0.5, 0.6) is 0 Å². The fourth-order valence-electron chi connectivity index (χ4n) is 1.10. The van der Waals surface area contributed by atoms with E-state index in [0.29, 0.717) is 6.20 Å². The smallest absolute Gasteiger partial charge is 0.390 e. The molecule has 16 heavy (non-hydrogen) atoms. The second-order valence-electron chi connectivity index (χ2n) is 2.81. The Bertz CT molecular complexity index is 393. The quantitative estimate of drug-likeness (QED) is 0.851. The Morgan fingerprint density at radius 3 is 2.31 bits per heavy atom. The second kappa shape index (κ2) is 4.62. The average Bonchev–Trinajstić information content (AvgIpc) is 2.14. The minimum absolute atomic E-state index is 0.607. The molecular formula is C8H5BrF5NO. The van der Waals surface area contributed by atoms with Crippen molar-refractivity contribution in [2.45, 2.75) is 19.2 Å². The maximum atomic E-state index is 12.5. The first-order chi connectivity index (χ1) is 7.29. The minimum Gasteiger partial charge on any atom is -0.390 e. The van der Waals surface area contributed by atoms with Crippen LogP contribution >= 0.6 is 15.9 Å². The van der Waals surface area contributed by atoms with Gasteiger partial charge in [0.05, 0.1) is 23.4 Å². The molecule has 0 atom stereocenters. The van der Waals surface area contributed by atoms with Gasteiger partial charge in [-0.15, -0.1) is 0 Å². The SMILES string of the molecule is OCc1ncc(C(F)F)c(Br)c1C(F)(F)F. The summed E-state index contributed by atoms with van der Waals surface area (Å²) in [5.41, 5.74) is -2.92. The Morgan fingerprint density at radius 2 is 1.94 bits per heavy atom. The van der Waals surface area contributed by atoms with Gasteiger partial charge in [-0.1, -0.05) is 0 Å². The highest BCUT2D eigenvalue weighted by Crippen LogP contribution is 2.40. The lowest BCUT2D eigenvalue weighted by Gasteiger charge is -2.15. The molecule has 1 aromatic rings. The lowest BCUT2D eigenvalue weighted by atomic mass is 10.1. The number of aliphatic hydroxyl groups is 1. The second-order valence-corrected chi connectivity index (χ2v) is 3.60. The zero-order chi connectivity index (χ0) is 12.5. The normalized spacial score (nSPS) is 12.2. The van der Waals surface area contributed by atoms with E-state index in [-0.39, 0.29) is 0 Å². The molecule has 1 aromatic heterocycles. The Balaban J connectivity index is 3.47. The van der Waals surface area contributed by atoms with Gasteiger partial charge in [0, 0.05) is 10.7 Å². The minimum atomic E-state index is -4.85. The average molecular weight is 306 g/mol. The highest BCUT2D eigenvalue weighted by atomic mass is 79.9. The lowest BCUT2D eigenvalue weighted by Crippen LogP contribution is -2.13. The molecule has 0 radical (unpaired) electrons. The molecule has 1 heterocycles. The number of aliphatic hydroxyl groups excluding tert-OH is 1. The first kappa shape index (κ1) is 13.3. The fraction of sp³-hybridized carbons (Fsp3) is 0.375. The highest BCUT2D eigenvalue weighted by Gasteiger charge is 2.38. The third-order valence-electron chi connectivity index (χ3n) is 1.79. The van der Waals surface area contributed by atoms with Crippen molar-refractivity contribution in [1.29, 1.82) is 0 Å². The van der Waals surface area contributed by atoms with E-state index >= 15 is 0 Å². The van der Waals surface area contributed by atoms with E-state index in [0.717, 1.165) is 0 Å². The summed E-state index contributed by atoms with van der Waals surface area (Å²) < 4.78 is 61.4. The van der Waals surface area contributed by atoms with Crippen LogP contribution in [0.2, 0.25) is 0 Å². The Morgan fingerprint density at radius 1 is 1.38 bits per heavy atom. The van der Waals surface area contributed by atoms with Crippen molar-refractivity contribution in [2.24, 2.45) is 0 Å². The van der Waals surface area contributed by atoms with Crippen molar-refractivity contribution in [2.75, 3.05) is 0 Å². The van der Waals surface area contributed by atoms with Crippen LogP contribution in [0.25, 0.3) is 0 Å². The van der Waals surface area contributed by atoms with Crippen LogP contribution in [0.3, 0.4) is 0 Å². The molecule has 0 aromatic carbocycles. The maximum absolute atomic E-state index is 12.5. The summed E-state index contributed by atoms with van der Waals surface area (Å²) in [5.74, 6) is 0. The molecular weight excluding hydrogens is 301 g/mol. The number of rotatable bonds is 2. The van der Waals surface area contributed by atoms with Crippen molar-refractivity contribution in [3.63, 3.8) is 0 Å². The van der Waals surface area contributed by atoms with Crippen LogP contribution in [0.15, 0.2) is 10.7 Å². The van der Waals surface area contributed by atoms with E-state index in [1.54, 1.807) is 0 Å². The highest BCUT2D eigenvalue weighted by molar-refractivity contribution is 9.10. The molecule has 90 valence electrons. The van der Waals surface area contributed by atoms with Crippen molar-refractivity contribution >= 4 is 15.9 Å². The number of pyridine rings is 1. The lowest BCUT2D eigenvalue weighted by molar-refractivity contribution is -0.139. The first-order valence-electron chi connectivity index (χ1n) is 3.92. The van der Waals surface area contributed by atoms with Gasteiger partial charge in [-0.05, 0) is 15.9 Å². The number of hydrogen-bond donors (Lipinski definition) is 1. The number of halogens is 6. The van der Waals surface area contributed by atoms with Gasteiger partial charge in [0.15, 0.2) is 0 Å². The van der Waals surface area contributed by atoms with Gasteiger partial charge < -0.3 is 5.11 Å². The summed E-state index contributed by atoms with van der Waals surface area (Å²) in [7, 11) is 0. The molecule has 0 unspecified atom stereocenters. The van der Waals surface area contributed by atoms with Gasteiger partial charge in [0.1, 0.15) is 0 Å². The summed E-state index contributed by atoms with van der Waals surface area (Å²) in [6.07, 6.45) is -7.32. The molecule has 1 rings (SSSR count). The van der Waals surface area contributed by atoms with E-state index in [1.165, 1.54) is 0 Å². The molecule has 1 N–H and O–H groups in total. The van der Waals surface area contributed by atoms with E-state index in [9.17, 15) is 22.0 Å². The van der Waals surface area contributed by atoms with Crippen molar-refractivity contribution in [1.82, 2.24) is 4.98 Å². The zero-order valence-corrected chi connectivity index (χ0v) is 9.11. The Kier molecular flexibility index (Phi) is 3.84. The molecule has 0 saturated carbocycles. The number of alkyl halides is 5.